The fraction of sp³-hybridized carbons (Fsp3) is 1.00. The van der Waals surface area contributed by atoms with Gasteiger partial charge in [-0.2, -0.15) is 0 Å². The Balaban J connectivity index is 2.54. The summed E-state index contributed by atoms with van der Waals surface area (Å²) in [5, 5.41) is 20.2. The molecule has 0 radical (unpaired) electrons. The highest BCUT2D eigenvalue weighted by Gasteiger charge is 2.33. The number of aliphatic hydroxyl groups is 1. The standard InChI is InChI=1S/C6H13NO2/c1-5-3-7(2,9)4-6(5)8/h5-6,8H,3-4H2,1-2H3/t5-,6-,7?/m1/s1. The Bertz CT molecular complexity index is 102. The van der Waals surface area contributed by atoms with Gasteiger partial charge in [-0.15, -0.1) is 0 Å². The second-order valence-electron chi connectivity index (χ2n) is 3.21. The number of nitrogens with zero attached hydrogens (tertiary/aromatic N) is 1. The molecule has 1 fully saturated rings. The maximum absolute atomic E-state index is 11.1. The van der Waals surface area contributed by atoms with Gasteiger partial charge in [0.15, 0.2) is 0 Å². The highest BCUT2D eigenvalue weighted by Crippen LogP contribution is 2.20. The minimum absolute atomic E-state index is 0.174. The second-order valence-corrected chi connectivity index (χ2v) is 3.21. The zero-order chi connectivity index (χ0) is 7.07. The van der Waals surface area contributed by atoms with Crippen molar-refractivity contribution < 1.29 is 9.75 Å². The molecule has 0 aromatic rings. The summed E-state index contributed by atoms with van der Waals surface area (Å²) in [7, 11) is 1.60. The highest BCUT2D eigenvalue weighted by atomic mass is 16.5. The summed E-state index contributed by atoms with van der Waals surface area (Å²) in [5.41, 5.74) is 0. The average Bonchev–Trinajstić information content (AvgIpc) is 1.79. The molecular weight excluding hydrogens is 118 g/mol. The third-order valence-electron chi connectivity index (χ3n) is 1.90. The first-order valence-corrected chi connectivity index (χ1v) is 3.25. The molecule has 0 aliphatic carbocycles. The van der Waals surface area contributed by atoms with Gasteiger partial charge in [-0.1, -0.05) is 6.92 Å². The number of hydrogen-bond donors (Lipinski definition) is 1. The molecule has 0 aromatic carbocycles. The Morgan fingerprint density at radius 3 is 2.22 bits per heavy atom. The topological polar surface area (TPSA) is 43.3 Å². The van der Waals surface area contributed by atoms with Gasteiger partial charge in [0.25, 0.3) is 0 Å². The average molecular weight is 131 g/mol. The smallest absolute Gasteiger partial charge is 0.111 e. The SMILES string of the molecule is C[C@@H]1C[N+](C)([O-])C[C@H]1O. The molecule has 0 saturated carbocycles. The molecule has 3 nitrogen and oxygen atoms in total. The van der Waals surface area contributed by atoms with Crippen molar-refractivity contribution in [1.82, 2.24) is 0 Å². The fourth-order valence-electron chi connectivity index (χ4n) is 1.38. The molecular formula is C6H13NO2. The molecule has 1 aliphatic rings. The molecule has 1 N–H and O–H groups in total. The number of aliphatic hydroxyl groups excluding tert-OH is 1. The van der Waals surface area contributed by atoms with Crippen LogP contribution in [-0.4, -0.2) is 36.0 Å². The molecule has 0 aromatic heterocycles. The zero-order valence-electron chi connectivity index (χ0n) is 5.87. The quantitative estimate of drug-likeness (QED) is 0.370. The molecule has 54 valence electrons. The van der Waals surface area contributed by atoms with Crippen LogP contribution in [0.5, 0.6) is 0 Å². The van der Waals surface area contributed by atoms with Crippen molar-refractivity contribution >= 4 is 0 Å². The zero-order valence-corrected chi connectivity index (χ0v) is 5.87. The van der Waals surface area contributed by atoms with Crippen molar-refractivity contribution in [3.05, 3.63) is 5.21 Å². The molecule has 1 heterocycles. The third kappa shape index (κ3) is 1.41. The van der Waals surface area contributed by atoms with Crippen LogP contribution in [0, 0.1) is 11.1 Å². The van der Waals surface area contributed by atoms with Crippen LogP contribution in [0.2, 0.25) is 0 Å². The molecule has 0 amide bonds. The molecule has 0 spiro atoms. The Morgan fingerprint density at radius 1 is 1.56 bits per heavy atom. The van der Waals surface area contributed by atoms with Gasteiger partial charge in [0.2, 0.25) is 0 Å². The van der Waals surface area contributed by atoms with Crippen molar-refractivity contribution in [3.63, 3.8) is 0 Å². The van der Waals surface area contributed by atoms with E-state index in [4.69, 9.17) is 5.11 Å². The van der Waals surface area contributed by atoms with Crippen molar-refractivity contribution in [3.8, 4) is 0 Å². The van der Waals surface area contributed by atoms with E-state index in [1.807, 2.05) is 6.92 Å². The lowest BCUT2D eigenvalue weighted by molar-refractivity contribution is -0.850. The molecule has 3 atom stereocenters. The van der Waals surface area contributed by atoms with Crippen LogP contribution in [0.1, 0.15) is 6.92 Å². The van der Waals surface area contributed by atoms with Crippen LogP contribution in [0.25, 0.3) is 0 Å². The maximum atomic E-state index is 11.1. The lowest BCUT2D eigenvalue weighted by Crippen LogP contribution is -2.35. The van der Waals surface area contributed by atoms with Crippen LogP contribution in [-0.2, 0) is 0 Å². The summed E-state index contributed by atoms with van der Waals surface area (Å²) in [6, 6.07) is 0. The summed E-state index contributed by atoms with van der Waals surface area (Å²) >= 11 is 0. The van der Waals surface area contributed by atoms with Gasteiger partial charge in [-0.25, -0.2) is 0 Å². The fourth-order valence-corrected chi connectivity index (χ4v) is 1.38. The number of hydroxylamine groups is 3. The lowest BCUT2D eigenvalue weighted by atomic mass is 10.1. The van der Waals surface area contributed by atoms with Crippen LogP contribution in [0.3, 0.4) is 0 Å². The molecule has 1 saturated heterocycles. The van der Waals surface area contributed by atoms with Gasteiger partial charge in [0.05, 0.1) is 13.6 Å². The predicted molar refractivity (Wildman–Crippen MR) is 34.5 cm³/mol. The van der Waals surface area contributed by atoms with Crippen LogP contribution in [0.15, 0.2) is 0 Å². The third-order valence-corrected chi connectivity index (χ3v) is 1.90. The Morgan fingerprint density at radius 2 is 2.11 bits per heavy atom. The van der Waals surface area contributed by atoms with E-state index in [-0.39, 0.29) is 16.7 Å². The summed E-state index contributed by atoms with van der Waals surface area (Å²) in [6.45, 7) is 2.83. The van der Waals surface area contributed by atoms with Gasteiger partial charge in [0.1, 0.15) is 12.6 Å². The monoisotopic (exact) mass is 131 g/mol. The van der Waals surface area contributed by atoms with Gasteiger partial charge in [0, 0.05) is 5.92 Å². The van der Waals surface area contributed by atoms with Crippen LogP contribution in [0.4, 0.5) is 0 Å². The predicted octanol–water partition coefficient (Wildman–Crippen LogP) is -0.0586. The molecule has 1 rings (SSSR count). The van der Waals surface area contributed by atoms with E-state index in [0.717, 1.165) is 0 Å². The highest BCUT2D eigenvalue weighted by molar-refractivity contribution is 4.70. The lowest BCUT2D eigenvalue weighted by Gasteiger charge is -2.33. The second kappa shape index (κ2) is 1.94. The largest absolute Gasteiger partial charge is 0.633 e. The van der Waals surface area contributed by atoms with Crippen molar-refractivity contribution in [2.45, 2.75) is 13.0 Å². The number of hydrogen-bond acceptors (Lipinski definition) is 2. The van der Waals surface area contributed by atoms with E-state index in [0.29, 0.717) is 13.1 Å². The van der Waals surface area contributed by atoms with Crippen molar-refractivity contribution in [2.75, 3.05) is 20.1 Å². The first kappa shape index (κ1) is 6.99. The van der Waals surface area contributed by atoms with Crippen molar-refractivity contribution in [2.24, 2.45) is 5.92 Å². The Labute approximate surface area is 55.1 Å². The van der Waals surface area contributed by atoms with E-state index < -0.39 is 0 Å². The summed E-state index contributed by atoms with van der Waals surface area (Å²) in [4.78, 5) is 0. The first-order valence-electron chi connectivity index (χ1n) is 3.25. The Hall–Kier alpha value is -0.120. The van der Waals surface area contributed by atoms with Gasteiger partial charge < -0.3 is 15.0 Å². The summed E-state index contributed by atoms with van der Waals surface area (Å²) in [6.07, 6.45) is -0.382. The van der Waals surface area contributed by atoms with E-state index in [1.165, 1.54) is 0 Å². The van der Waals surface area contributed by atoms with Crippen LogP contribution < -0.4 is 0 Å². The molecule has 3 heteroatoms. The van der Waals surface area contributed by atoms with Gasteiger partial charge in [-0.05, 0) is 0 Å². The number of quaternary nitrogens is 1. The number of likely N-dealkylation sites (N-methyl/N-ethyl adjacent to an activating group) is 1. The summed E-state index contributed by atoms with van der Waals surface area (Å²) < 4.78 is -0.275. The normalized spacial score (nSPS) is 52.0. The van der Waals surface area contributed by atoms with E-state index in [9.17, 15) is 5.21 Å². The van der Waals surface area contributed by atoms with E-state index in [1.54, 1.807) is 7.05 Å². The number of rotatable bonds is 0. The van der Waals surface area contributed by atoms with E-state index >= 15 is 0 Å². The molecule has 0 bridgehead atoms. The van der Waals surface area contributed by atoms with Crippen LogP contribution >= 0.6 is 0 Å². The molecule has 1 aliphatic heterocycles. The summed E-state index contributed by atoms with van der Waals surface area (Å²) in [5.74, 6) is 0.174. The minimum atomic E-state index is -0.382. The van der Waals surface area contributed by atoms with Crippen molar-refractivity contribution in [1.29, 1.82) is 0 Å². The Kier molecular flexibility index (Phi) is 1.50. The minimum Gasteiger partial charge on any atom is -0.633 e. The van der Waals surface area contributed by atoms with E-state index in [2.05, 4.69) is 0 Å². The van der Waals surface area contributed by atoms with Gasteiger partial charge >= 0.3 is 0 Å². The van der Waals surface area contributed by atoms with Gasteiger partial charge in [-0.3, -0.25) is 0 Å². The molecule has 1 unspecified atom stereocenters. The first-order chi connectivity index (χ1) is 4.01. The maximum Gasteiger partial charge on any atom is 0.111 e. The number of likely N-dealkylation sites (tertiary alicyclic amines) is 1. The molecule has 9 heavy (non-hydrogen) atoms.